The summed E-state index contributed by atoms with van der Waals surface area (Å²) in [6, 6.07) is 4.00. The molecule has 1 N–H and O–H groups in total. The van der Waals surface area contributed by atoms with Crippen LogP contribution in [0.3, 0.4) is 0 Å². The van der Waals surface area contributed by atoms with Gasteiger partial charge in [0.15, 0.2) is 0 Å². The topological polar surface area (TPSA) is 43.0 Å². The van der Waals surface area contributed by atoms with Gasteiger partial charge in [0, 0.05) is 17.9 Å². The van der Waals surface area contributed by atoms with Gasteiger partial charge in [0.25, 0.3) is 0 Å². The fourth-order valence-corrected chi connectivity index (χ4v) is 1.74. The normalized spacial score (nSPS) is 12.0. The Morgan fingerprint density at radius 1 is 1.39 bits per heavy atom. The molecule has 0 amide bonds. The van der Waals surface area contributed by atoms with Crippen molar-refractivity contribution in [1.29, 1.82) is 0 Å². The first-order valence-corrected chi connectivity index (χ1v) is 6.25. The molecule has 4 nitrogen and oxygen atoms in total. The summed E-state index contributed by atoms with van der Waals surface area (Å²) in [6.07, 6.45) is 3.71. The highest BCUT2D eigenvalue weighted by molar-refractivity contribution is 5.20. The Balaban J connectivity index is 2.03. The highest BCUT2D eigenvalue weighted by Crippen LogP contribution is 2.16. The molecule has 0 spiro atoms. The zero-order valence-electron chi connectivity index (χ0n) is 11.5. The molecule has 2 heterocycles. The van der Waals surface area contributed by atoms with Crippen LogP contribution in [0.1, 0.15) is 37.9 Å². The smallest absolute Gasteiger partial charge is 0.126 e. The van der Waals surface area contributed by atoms with Crippen LogP contribution in [0.4, 0.5) is 0 Å². The average molecular weight is 247 g/mol. The summed E-state index contributed by atoms with van der Waals surface area (Å²) in [5.74, 6) is 1.95. The number of hydrogen-bond acceptors (Lipinski definition) is 3. The van der Waals surface area contributed by atoms with Gasteiger partial charge in [-0.2, -0.15) is 5.10 Å². The third-order valence-corrected chi connectivity index (χ3v) is 2.73. The predicted molar refractivity (Wildman–Crippen MR) is 71.4 cm³/mol. The van der Waals surface area contributed by atoms with Crippen LogP contribution in [0, 0.1) is 6.92 Å². The standard InChI is InChI=1S/C14H21N3O/c1-11-8-12(10-17-7-5-6-16-17)18-13(11)9-15-14(2,3)4/h5-8,15H,9-10H2,1-4H3. The highest BCUT2D eigenvalue weighted by Gasteiger charge is 2.13. The lowest BCUT2D eigenvalue weighted by molar-refractivity contribution is 0.373. The third kappa shape index (κ3) is 3.47. The zero-order valence-corrected chi connectivity index (χ0v) is 11.5. The maximum atomic E-state index is 5.86. The number of nitrogens with one attached hydrogen (secondary N) is 1. The molecule has 0 fully saturated rings. The minimum Gasteiger partial charge on any atom is -0.462 e. The van der Waals surface area contributed by atoms with Crippen LogP contribution in [-0.2, 0) is 13.1 Å². The van der Waals surface area contributed by atoms with Gasteiger partial charge in [0.2, 0.25) is 0 Å². The van der Waals surface area contributed by atoms with Gasteiger partial charge >= 0.3 is 0 Å². The maximum absolute atomic E-state index is 5.86. The van der Waals surface area contributed by atoms with Crippen molar-refractivity contribution in [1.82, 2.24) is 15.1 Å². The summed E-state index contributed by atoms with van der Waals surface area (Å²) in [5.41, 5.74) is 1.29. The largest absolute Gasteiger partial charge is 0.462 e. The van der Waals surface area contributed by atoms with Crippen LogP contribution in [0.25, 0.3) is 0 Å². The fraction of sp³-hybridized carbons (Fsp3) is 0.500. The van der Waals surface area contributed by atoms with Gasteiger partial charge < -0.3 is 9.73 Å². The van der Waals surface area contributed by atoms with Crippen LogP contribution in [0.2, 0.25) is 0 Å². The number of aromatic nitrogens is 2. The lowest BCUT2D eigenvalue weighted by atomic mass is 10.1. The molecule has 2 aromatic heterocycles. The Kier molecular flexibility index (Phi) is 3.57. The van der Waals surface area contributed by atoms with Crippen molar-refractivity contribution < 1.29 is 4.42 Å². The summed E-state index contributed by atoms with van der Waals surface area (Å²) in [5, 5.41) is 7.61. The molecule has 0 aliphatic rings. The van der Waals surface area contributed by atoms with Gasteiger partial charge in [-0.25, -0.2) is 0 Å². The lowest BCUT2D eigenvalue weighted by Crippen LogP contribution is -2.35. The van der Waals surface area contributed by atoms with Crippen LogP contribution in [0.5, 0.6) is 0 Å². The molecule has 18 heavy (non-hydrogen) atoms. The Hall–Kier alpha value is -1.55. The van der Waals surface area contributed by atoms with Crippen LogP contribution >= 0.6 is 0 Å². The molecule has 2 rings (SSSR count). The number of nitrogens with zero attached hydrogens (tertiary/aromatic N) is 2. The van der Waals surface area contributed by atoms with Crippen LogP contribution in [0.15, 0.2) is 28.9 Å². The predicted octanol–water partition coefficient (Wildman–Crippen LogP) is 2.72. The van der Waals surface area contributed by atoms with E-state index in [0.29, 0.717) is 6.54 Å². The van der Waals surface area contributed by atoms with E-state index in [9.17, 15) is 0 Å². The van der Waals surface area contributed by atoms with Gasteiger partial charge in [0.1, 0.15) is 11.5 Å². The van der Waals surface area contributed by atoms with E-state index in [1.165, 1.54) is 5.56 Å². The van der Waals surface area contributed by atoms with Gasteiger partial charge in [-0.3, -0.25) is 4.68 Å². The van der Waals surface area contributed by atoms with E-state index >= 15 is 0 Å². The molecule has 2 aromatic rings. The van der Waals surface area contributed by atoms with Crippen molar-refractivity contribution >= 4 is 0 Å². The number of furan rings is 1. The van der Waals surface area contributed by atoms with Crippen LogP contribution in [-0.4, -0.2) is 15.3 Å². The Bertz CT molecular complexity index is 492. The van der Waals surface area contributed by atoms with Gasteiger partial charge in [-0.15, -0.1) is 0 Å². The summed E-state index contributed by atoms with van der Waals surface area (Å²) in [6.45, 7) is 9.97. The van der Waals surface area contributed by atoms with E-state index in [1.807, 2.05) is 16.9 Å². The molecule has 0 saturated carbocycles. The monoisotopic (exact) mass is 247 g/mol. The molecule has 0 saturated heterocycles. The Labute approximate surface area is 108 Å². The second-order valence-corrected chi connectivity index (χ2v) is 5.63. The molecule has 0 unspecified atom stereocenters. The second kappa shape index (κ2) is 4.98. The first kappa shape index (κ1) is 12.9. The molecule has 0 aliphatic heterocycles. The molecular formula is C14H21N3O. The average Bonchev–Trinajstić information content (AvgIpc) is 2.85. The molecule has 4 heteroatoms. The van der Waals surface area contributed by atoms with Gasteiger partial charge in [-0.1, -0.05) is 0 Å². The molecule has 0 aromatic carbocycles. The van der Waals surface area contributed by atoms with E-state index in [0.717, 1.165) is 18.1 Å². The summed E-state index contributed by atoms with van der Waals surface area (Å²) in [7, 11) is 0. The third-order valence-electron chi connectivity index (χ3n) is 2.73. The number of aryl methyl sites for hydroxylation is 1. The summed E-state index contributed by atoms with van der Waals surface area (Å²) in [4.78, 5) is 0. The Morgan fingerprint density at radius 3 is 2.78 bits per heavy atom. The summed E-state index contributed by atoms with van der Waals surface area (Å²) >= 11 is 0. The van der Waals surface area contributed by atoms with Gasteiger partial charge in [0.05, 0.1) is 13.1 Å². The first-order valence-electron chi connectivity index (χ1n) is 6.25. The molecule has 0 radical (unpaired) electrons. The van der Waals surface area contributed by atoms with E-state index in [-0.39, 0.29) is 5.54 Å². The SMILES string of the molecule is Cc1cc(Cn2cccn2)oc1CNC(C)(C)C. The lowest BCUT2D eigenvalue weighted by Gasteiger charge is -2.19. The van der Waals surface area contributed by atoms with Crippen molar-refractivity contribution in [3.8, 4) is 0 Å². The fourth-order valence-electron chi connectivity index (χ4n) is 1.74. The van der Waals surface area contributed by atoms with Crippen molar-refractivity contribution in [2.45, 2.75) is 46.3 Å². The maximum Gasteiger partial charge on any atom is 0.126 e. The number of hydrogen-bond donors (Lipinski definition) is 1. The van der Waals surface area contributed by atoms with E-state index < -0.39 is 0 Å². The Morgan fingerprint density at radius 2 is 2.17 bits per heavy atom. The van der Waals surface area contributed by atoms with Gasteiger partial charge in [-0.05, 0) is 45.4 Å². The molecule has 0 atom stereocenters. The van der Waals surface area contributed by atoms with Crippen molar-refractivity contribution in [3.63, 3.8) is 0 Å². The number of rotatable bonds is 4. The van der Waals surface area contributed by atoms with Crippen LogP contribution < -0.4 is 5.32 Å². The first-order chi connectivity index (χ1) is 8.44. The quantitative estimate of drug-likeness (QED) is 0.903. The minimum absolute atomic E-state index is 0.0986. The molecule has 0 bridgehead atoms. The van der Waals surface area contributed by atoms with Crippen molar-refractivity contribution in [3.05, 3.63) is 41.6 Å². The minimum atomic E-state index is 0.0986. The summed E-state index contributed by atoms with van der Waals surface area (Å²) < 4.78 is 7.72. The zero-order chi connectivity index (χ0) is 13.2. The van der Waals surface area contributed by atoms with E-state index in [2.05, 4.69) is 44.2 Å². The van der Waals surface area contributed by atoms with Crippen molar-refractivity contribution in [2.24, 2.45) is 0 Å². The second-order valence-electron chi connectivity index (χ2n) is 5.63. The molecule has 0 aliphatic carbocycles. The van der Waals surface area contributed by atoms with E-state index in [1.54, 1.807) is 6.20 Å². The highest BCUT2D eigenvalue weighted by atomic mass is 16.3. The van der Waals surface area contributed by atoms with Crippen molar-refractivity contribution in [2.75, 3.05) is 0 Å². The van der Waals surface area contributed by atoms with E-state index in [4.69, 9.17) is 4.42 Å². The molecule has 98 valence electrons. The molecular weight excluding hydrogens is 226 g/mol.